The summed E-state index contributed by atoms with van der Waals surface area (Å²) in [6.45, 7) is 1.38. The summed E-state index contributed by atoms with van der Waals surface area (Å²) >= 11 is 0. The Balaban J connectivity index is 1.56. The number of aromatic nitrogens is 2. The quantitative estimate of drug-likeness (QED) is 0.892. The summed E-state index contributed by atoms with van der Waals surface area (Å²) in [4.78, 5) is 24.9. The van der Waals surface area contributed by atoms with Gasteiger partial charge in [-0.3, -0.25) is 9.48 Å². The Kier molecular flexibility index (Phi) is 4.69. The summed E-state index contributed by atoms with van der Waals surface area (Å²) in [5.41, 5.74) is 2.02. The van der Waals surface area contributed by atoms with Crippen molar-refractivity contribution in [2.45, 2.75) is 19.3 Å². The van der Waals surface area contributed by atoms with Gasteiger partial charge in [-0.2, -0.15) is 5.10 Å². The zero-order valence-electron chi connectivity index (χ0n) is 13.7. The van der Waals surface area contributed by atoms with Crippen LogP contribution in [0, 0.1) is 5.92 Å². The van der Waals surface area contributed by atoms with E-state index in [0.717, 1.165) is 23.0 Å². The molecule has 0 spiro atoms. The Morgan fingerprint density at radius 2 is 2.17 bits per heavy atom. The van der Waals surface area contributed by atoms with Crippen LogP contribution in [0.25, 0.3) is 10.9 Å². The van der Waals surface area contributed by atoms with E-state index in [1.807, 2.05) is 36.0 Å². The van der Waals surface area contributed by atoms with Gasteiger partial charge in [-0.15, -0.1) is 0 Å². The molecule has 128 valence electrons. The number of urea groups is 1. The van der Waals surface area contributed by atoms with E-state index < -0.39 is 11.9 Å². The highest BCUT2D eigenvalue weighted by Gasteiger charge is 2.27. The number of benzene rings is 1. The molecule has 2 amide bonds. The van der Waals surface area contributed by atoms with Gasteiger partial charge in [0.15, 0.2) is 0 Å². The number of carbonyl (C=O) groups excluding carboxylic acids is 1. The number of nitrogens with one attached hydrogen (secondary N) is 1. The molecule has 0 radical (unpaired) electrons. The van der Waals surface area contributed by atoms with E-state index in [9.17, 15) is 9.59 Å². The van der Waals surface area contributed by atoms with Crippen LogP contribution in [0.15, 0.2) is 24.3 Å². The number of piperidine rings is 1. The van der Waals surface area contributed by atoms with E-state index in [0.29, 0.717) is 25.9 Å². The van der Waals surface area contributed by atoms with Crippen LogP contribution in [0.5, 0.6) is 0 Å². The number of amides is 2. The number of carboxylic acids is 1. The minimum absolute atomic E-state index is 0.193. The van der Waals surface area contributed by atoms with Gasteiger partial charge in [0, 0.05) is 38.5 Å². The van der Waals surface area contributed by atoms with E-state index in [4.69, 9.17) is 5.11 Å². The average molecular weight is 330 g/mol. The van der Waals surface area contributed by atoms with E-state index >= 15 is 0 Å². The van der Waals surface area contributed by atoms with E-state index in [1.165, 1.54) is 0 Å². The molecule has 0 saturated carbocycles. The number of nitrogens with zero attached hydrogens (tertiary/aromatic N) is 3. The predicted octanol–water partition coefficient (Wildman–Crippen LogP) is 1.62. The van der Waals surface area contributed by atoms with E-state index in [2.05, 4.69) is 10.4 Å². The normalized spacial score (nSPS) is 17.9. The van der Waals surface area contributed by atoms with Crippen LogP contribution in [-0.4, -0.2) is 51.4 Å². The molecule has 1 unspecified atom stereocenters. The summed E-state index contributed by atoms with van der Waals surface area (Å²) in [6.07, 6.45) is 2.01. The van der Waals surface area contributed by atoms with Gasteiger partial charge < -0.3 is 15.3 Å². The average Bonchev–Trinajstić information content (AvgIpc) is 2.91. The van der Waals surface area contributed by atoms with Gasteiger partial charge in [0.05, 0.1) is 17.1 Å². The second-order valence-electron chi connectivity index (χ2n) is 6.19. The predicted molar refractivity (Wildman–Crippen MR) is 89.7 cm³/mol. The lowest BCUT2D eigenvalue weighted by atomic mass is 9.99. The van der Waals surface area contributed by atoms with Crippen molar-refractivity contribution in [1.82, 2.24) is 20.0 Å². The molecule has 0 aliphatic carbocycles. The second-order valence-corrected chi connectivity index (χ2v) is 6.19. The molecule has 1 aromatic heterocycles. The maximum absolute atomic E-state index is 12.2. The lowest BCUT2D eigenvalue weighted by Gasteiger charge is -2.30. The van der Waals surface area contributed by atoms with Gasteiger partial charge in [0.2, 0.25) is 0 Å². The van der Waals surface area contributed by atoms with E-state index in [-0.39, 0.29) is 12.6 Å². The van der Waals surface area contributed by atoms with Gasteiger partial charge in [-0.25, -0.2) is 4.79 Å². The number of carbonyl (C=O) groups is 2. The first-order valence-electron chi connectivity index (χ1n) is 8.22. The molecule has 0 bridgehead atoms. The lowest BCUT2D eigenvalue weighted by Crippen LogP contribution is -2.47. The molecule has 1 aliphatic heterocycles. The van der Waals surface area contributed by atoms with Crippen LogP contribution < -0.4 is 5.32 Å². The smallest absolute Gasteiger partial charge is 0.317 e. The second kappa shape index (κ2) is 6.90. The maximum atomic E-state index is 12.2. The summed E-state index contributed by atoms with van der Waals surface area (Å²) in [5.74, 6) is -1.28. The summed E-state index contributed by atoms with van der Waals surface area (Å²) in [7, 11) is 1.91. The summed E-state index contributed by atoms with van der Waals surface area (Å²) < 4.78 is 1.84. The highest BCUT2D eigenvalue weighted by Crippen LogP contribution is 2.18. The van der Waals surface area contributed by atoms with Crippen molar-refractivity contribution in [2.24, 2.45) is 13.0 Å². The van der Waals surface area contributed by atoms with Gasteiger partial charge in [0.25, 0.3) is 0 Å². The highest BCUT2D eigenvalue weighted by atomic mass is 16.4. The Labute approximate surface area is 140 Å². The SMILES string of the molecule is Cn1nc(CCNC(=O)N2CCCC(C(=O)O)C2)c2ccccc21. The van der Waals surface area contributed by atoms with Crippen molar-refractivity contribution in [3.05, 3.63) is 30.0 Å². The minimum atomic E-state index is -0.826. The monoisotopic (exact) mass is 330 g/mol. The third-order valence-electron chi connectivity index (χ3n) is 4.53. The van der Waals surface area contributed by atoms with Crippen molar-refractivity contribution in [3.8, 4) is 0 Å². The van der Waals surface area contributed by atoms with Gasteiger partial charge in [-0.05, 0) is 18.9 Å². The van der Waals surface area contributed by atoms with Crippen LogP contribution in [0.3, 0.4) is 0 Å². The number of para-hydroxylation sites is 1. The van der Waals surface area contributed by atoms with Crippen molar-refractivity contribution in [2.75, 3.05) is 19.6 Å². The molecule has 2 aromatic rings. The number of aliphatic carboxylic acids is 1. The Bertz CT molecular complexity index is 755. The fraction of sp³-hybridized carbons (Fsp3) is 0.471. The molecule has 1 saturated heterocycles. The molecule has 1 aromatic carbocycles. The molecule has 3 rings (SSSR count). The summed E-state index contributed by atoms with van der Waals surface area (Å²) in [5, 5.41) is 17.6. The molecular weight excluding hydrogens is 308 g/mol. The lowest BCUT2D eigenvalue weighted by molar-refractivity contribution is -0.143. The van der Waals surface area contributed by atoms with Crippen molar-refractivity contribution in [3.63, 3.8) is 0 Å². The van der Waals surface area contributed by atoms with E-state index in [1.54, 1.807) is 4.90 Å². The fourth-order valence-electron chi connectivity index (χ4n) is 3.24. The molecule has 7 heteroatoms. The van der Waals surface area contributed by atoms with Crippen LogP contribution in [0.4, 0.5) is 4.79 Å². The zero-order valence-corrected chi connectivity index (χ0v) is 13.7. The number of rotatable bonds is 4. The highest BCUT2D eigenvalue weighted by molar-refractivity contribution is 5.82. The third-order valence-corrected chi connectivity index (χ3v) is 4.53. The molecule has 2 heterocycles. The first kappa shape index (κ1) is 16.3. The Hall–Kier alpha value is -2.57. The van der Waals surface area contributed by atoms with Gasteiger partial charge in [-0.1, -0.05) is 18.2 Å². The number of aryl methyl sites for hydroxylation is 1. The van der Waals surface area contributed by atoms with Crippen LogP contribution >= 0.6 is 0 Å². The van der Waals surface area contributed by atoms with Crippen molar-refractivity contribution < 1.29 is 14.7 Å². The molecule has 24 heavy (non-hydrogen) atoms. The third kappa shape index (κ3) is 3.34. The molecule has 1 aliphatic rings. The Morgan fingerprint density at radius 3 is 2.96 bits per heavy atom. The number of likely N-dealkylation sites (tertiary alicyclic amines) is 1. The Morgan fingerprint density at radius 1 is 1.38 bits per heavy atom. The van der Waals surface area contributed by atoms with Gasteiger partial charge in [0.1, 0.15) is 0 Å². The molecular formula is C17H22N4O3. The topological polar surface area (TPSA) is 87.5 Å². The number of fused-ring (bicyclic) bond motifs is 1. The van der Waals surface area contributed by atoms with Crippen LogP contribution in [0.1, 0.15) is 18.5 Å². The first-order valence-corrected chi connectivity index (χ1v) is 8.22. The fourth-order valence-corrected chi connectivity index (χ4v) is 3.24. The van der Waals surface area contributed by atoms with Gasteiger partial charge >= 0.3 is 12.0 Å². The minimum Gasteiger partial charge on any atom is -0.481 e. The first-order chi connectivity index (χ1) is 11.6. The number of hydrogen-bond acceptors (Lipinski definition) is 3. The maximum Gasteiger partial charge on any atom is 0.317 e. The molecule has 1 fully saturated rings. The number of carboxylic acid groups (broad SMARTS) is 1. The summed E-state index contributed by atoms with van der Waals surface area (Å²) in [6, 6.07) is 7.81. The molecule has 2 N–H and O–H groups in total. The number of hydrogen-bond donors (Lipinski definition) is 2. The molecule has 1 atom stereocenters. The standard InChI is InChI=1S/C17H22N4O3/c1-20-15-7-3-2-6-13(15)14(19-20)8-9-18-17(24)21-10-4-5-12(11-21)16(22)23/h2-3,6-7,12H,4-5,8-11H2,1H3,(H,18,24)(H,22,23). The molecule has 7 nitrogen and oxygen atoms in total. The van der Waals surface area contributed by atoms with Crippen molar-refractivity contribution in [1.29, 1.82) is 0 Å². The van der Waals surface area contributed by atoms with Crippen LogP contribution in [-0.2, 0) is 18.3 Å². The van der Waals surface area contributed by atoms with Crippen LogP contribution in [0.2, 0.25) is 0 Å². The van der Waals surface area contributed by atoms with Crippen molar-refractivity contribution >= 4 is 22.9 Å². The zero-order chi connectivity index (χ0) is 17.1. The largest absolute Gasteiger partial charge is 0.481 e.